The molecule has 29 heavy (non-hydrogen) atoms. The summed E-state index contributed by atoms with van der Waals surface area (Å²) >= 11 is 0. The molecule has 1 aliphatic rings. The monoisotopic (exact) mass is 394 g/mol. The summed E-state index contributed by atoms with van der Waals surface area (Å²) in [5.41, 5.74) is 2.90. The summed E-state index contributed by atoms with van der Waals surface area (Å²) in [5, 5.41) is 10.2. The van der Waals surface area contributed by atoms with Crippen LogP contribution in [0.15, 0.2) is 27.8 Å². The molecule has 3 aromatic heterocycles. The maximum Gasteiger partial charge on any atom is 0.335 e. The van der Waals surface area contributed by atoms with Gasteiger partial charge in [0, 0.05) is 55.8 Å². The molecule has 0 saturated heterocycles. The molecule has 1 aromatic carbocycles. The van der Waals surface area contributed by atoms with Crippen LogP contribution < -0.4 is 16.1 Å². The van der Waals surface area contributed by atoms with Gasteiger partial charge in [0.1, 0.15) is 0 Å². The molecule has 0 spiro atoms. The quantitative estimate of drug-likeness (QED) is 0.459. The van der Waals surface area contributed by atoms with Crippen LogP contribution in [0.2, 0.25) is 0 Å². The average molecular weight is 394 g/mol. The van der Waals surface area contributed by atoms with Crippen LogP contribution in [0.3, 0.4) is 0 Å². The van der Waals surface area contributed by atoms with E-state index in [2.05, 4.69) is 15.0 Å². The predicted molar refractivity (Wildman–Crippen MR) is 107 cm³/mol. The van der Waals surface area contributed by atoms with Gasteiger partial charge < -0.3 is 19.6 Å². The number of nitrogens with one attached hydrogen (secondary N) is 2. The highest BCUT2D eigenvalue weighted by Gasteiger charge is 2.26. The van der Waals surface area contributed by atoms with Crippen LogP contribution in [0.25, 0.3) is 22.1 Å². The van der Waals surface area contributed by atoms with E-state index in [1.54, 1.807) is 36.9 Å². The number of aromatic nitrogens is 5. The molecule has 0 bridgehead atoms. The van der Waals surface area contributed by atoms with Gasteiger partial charge in [0.25, 0.3) is 5.56 Å². The molecule has 0 unspecified atom stereocenters. The Morgan fingerprint density at radius 2 is 1.97 bits per heavy atom. The number of rotatable bonds is 2. The first-order valence-corrected chi connectivity index (χ1v) is 9.12. The third kappa shape index (κ3) is 2.42. The van der Waals surface area contributed by atoms with Gasteiger partial charge in [-0.15, -0.1) is 0 Å². The SMILES string of the molecule is Cn1c(N2CCc3[nH]c4ccc(C(=O)O)cc4c3C2)nc2c1c(=O)[nH]c(=O)n2C. The molecule has 4 aromatic rings. The molecule has 0 saturated carbocycles. The fraction of sp³-hybridized carbons (Fsp3) is 0.263. The van der Waals surface area contributed by atoms with Crippen LogP contribution in [0, 0.1) is 0 Å². The van der Waals surface area contributed by atoms with Gasteiger partial charge in [-0.05, 0) is 18.2 Å². The van der Waals surface area contributed by atoms with Gasteiger partial charge >= 0.3 is 11.7 Å². The molecule has 0 fully saturated rings. The van der Waals surface area contributed by atoms with E-state index in [-0.39, 0.29) is 5.56 Å². The predicted octanol–water partition coefficient (Wildman–Crippen LogP) is 0.702. The highest BCUT2D eigenvalue weighted by Crippen LogP contribution is 2.31. The van der Waals surface area contributed by atoms with Crippen LogP contribution in [0.4, 0.5) is 5.95 Å². The number of fused-ring (bicyclic) bond motifs is 4. The Labute approximate surface area is 163 Å². The molecule has 4 heterocycles. The van der Waals surface area contributed by atoms with Gasteiger partial charge in [-0.25, -0.2) is 9.59 Å². The largest absolute Gasteiger partial charge is 0.478 e. The summed E-state index contributed by atoms with van der Waals surface area (Å²) in [6, 6.07) is 5.05. The lowest BCUT2D eigenvalue weighted by atomic mass is 10.0. The Morgan fingerprint density at radius 1 is 1.17 bits per heavy atom. The maximum absolute atomic E-state index is 12.3. The smallest absolute Gasteiger partial charge is 0.335 e. The molecule has 1 aliphatic heterocycles. The minimum atomic E-state index is -0.968. The summed E-state index contributed by atoms with van der Waals surface area (Å²) in [4.78, 5) is 47.8. The van der Waals surface area contributed by atoms with E-state index in [1.165, 1.54) is 4.57 Å². The normalized spacial score (nSPS) is 13.9. The average Bonchev–Trinajstić information content (AvgIpc) is 3.23. The second kappa shape index (κ2) is 5.84. The number of nitrogens with zero attached hydrogens (tertiary/aromatic N) is 4. The van der Waals surface area contributed by atoms with Crippen LogP contribution >= 0.6 is 0 Å². The summed E-state index contributed by atoms with van der Waals surface area (Å²) < 4.78 is 3.01. The van der Waals surface area contributed by atoms with E-state index in [9.17, 15) is 19.5 Å². The van der Waals surface area contributed by atoms with Crippen molar-refractivity contribution in [3.05, 3.63) is 55.9 Å². The number of imidazole rings is 1. The van der Waals surface area contributed by atoms with Crippen molar-refractivity contribution in [1.82, 2.24) is 24.1 Å². The Balaban J connectivity index is 1.64. The highest BCUT2D eigenvalue weighted by atomic mass is 16.4. The molecule has 3 N–H and O–H groups in total. The summed E-state index contributed by atoms with van der Waals surface area (Å²) in [5.74, 6) is -0.383. The Kier molecular flexibility index (Phi) is 3.48. The topological polar surface area (TPSA) is 129 Å². The zero-order chi connectivity index (χ0) is 20.4. The number of hydrogen-bond acceptors (Lipinski definition) is 5. The van der Waals surface area contributed by atoms with Gasteiger partial charge in [0.2, 0.25) is 5.95 Å². The number of anilines is 1. The van der Waals surface area contributed by atoms with Gasteiger partial charge in [-0.2, -0.15) is 4.98 Å². The lowest BCUT2D eigenvalue weighted by molar-refractivity contribution is 0.0697. The molecule has 0 amide bonds. The first-order valence-electron chi connectivity index (χ1n) is 9.12. The maximum atomic E-state index is 12.3. The van der Waals surface area contributed by atoms with E-state index in [0.29, 0.717) is 30.2 Å². The standard InChI is InChI=1S/C19H18N6O4/c1-23-14-15(24(2)19(29)22-16(14)26)21-18(23)25-6-5-13-11(8-25)10-7-9(17(27)28)3-4-12(10)20-13/h3-4,7,20H,5-6,8H2,1-2H3,(H,27,28)(H,22,26,29). The van der Waals surface area contributed by atoms with Crippen LogP contribution in [-0.2, 0) is 27.1 Å². The van der Waals surface area contributed by atoms with Crippen LogP contribution in [0.1, 0.15) is 21.6 Å². The van der Waals surface area contributed by atoms with E-state index < -0.39 is 17.2 Å². The number of carboxylic acids is 1. The van der Waals surface area contributed by atoms with E-state index >= 15 is 0 Å². The van der Waals surface area contributed by atoms with Crippen molar-refractivity contribution in [2.45, 2.75) is 13.0 Å². The Hall–Kier alpha value is -3.82. The van der Waals surface area contributed by atoms with Crippen molar-refractivity contribution in [2.75, 3.05) is 11.4 Å². The number of aromatic amines is 2. The summed E-state index contributed by atoms with van der Waals surface area (Å²) in [6.45, 7) is 1.19. The number of hydrogen-bond donors (Lipinski definition) is 3. The summed E-state index contributed by atoms with van der Waals surface area (Å²) in [7, 11) is 3.32. The molecule has 0 radical (unpaired) electrons. The molecular weight excluding hydrogens is 376 g/mol. The van der Waals surface area contributed by atoms with Crippen molar-refractivity contribution in [3.63, 3.8) is 0 Å². The number of benzene rings is 1. The number of aryl methyl sites for hydroxylation is 2. The third-order valence-electron chi connectivity index (χ3n) is 5.62. The van der Waals surface area contributed by atoms with Gasteiger partial charge in [-0.1, -0.05) is 0 Å². The van der Waals surface area contributed by atoms with E-state index in [1.807, 2.05) is 4.90 Å². The molecule has 5 rings (SSSR count). The van der Waals surface area contributed by atoms with E-state index in [4.69, 9.17) is 0 Å². The zero-order valence-corrected chi connectivity index (χ0v) is 15.8. The molecule has 0 atom stereocenters. The second-order valence-corrected chi connectivity index (χ2v) is 7.28. The lowest BCUT2D eigenvalue weighted by Gasteiger charge is -2.28. The molecule has 10 nitrogen and oxygen atoms in total. The van der Waals surface area contributed by atoms with Gasteiger partial charge in [0.05, 0.1) is 5.56 Å². The van der Waals surface area contributed by atoms with E-state index in [0.717, 1.165) is 28.6 Å². The van der Waals surface area contributed by atoms with Crippen LogP contribution in [-0.4, -0.2) is 41.7 Å². The number of carboxylic acid groups (broad SMARTS) is 1. The van der Waals surface area contributed by atoms with Crippen molar-refractivity contribution in [3.8, 4) is 0 Å². The molecular formula is C19H18N6O4. The highest BCUT2D eigenvalue weighted by molar-refractivity contribution is 5.95. The molecule has 10 heteroatoms. The fourth-order valence-electron chi connectivity index (χ4n) is 4.10. The third-order valence-corrected chi connectivity index (χ3v) is 5.62. The van der Waals surface area contributed by atoms with Crippen molar-refractivity contribution in [2.24, 2.45) is 14.1 Å². The first kappa shape index (κ1) is 17.3. The Bertz CT molecular complexity index is 1440. The van der Waals surface area contributed by atoms with Crippen LogP contribution in [0.5, 0.6) is 0 Å². The van der Waals surface area contributed by atoms with Crippen molar-refractivity contribution in [1.29, 1.82) is 0 Å². The second-order valence-electron chi connectivity index (χ2n) is 7.28. The fourth-order valence-corrected chi connectivity index (χ4v) is 4.10. The summed E-state index contributed by atoms with van der Waals surface area (Å²) in [6.07, 6.45) is 0.727. The Morgan fingerprint density at radius 3 is 2.72 bits per heavy atom. The first-order chi connectivity index (χ1) is 13.8. The zero-order valence-electron chi connectivity index (χ0n) is 15.8. The lowest BCUT2D eigenvalue weighted by Crippen LogP contribution is -2.32. The minimum Gasteiger partial charge on any atom is -0.478 e. The van der Waals surface area contributed by atoms with Crippen molar-refractivity contribution >= 4 is 34.0 Å². The van der Waals surface area contributed by atoms with Crippen molar-refractivity contribution < 1.29 is 9.90 Å². The number of carbonyl (C=O) groups is 1. The number of aromatic carboxylic acids is 1. The van der Waals surface area contributed by atoms with Gasteiger partial charge in [0.15, 0.2) is 11.2 Å². The molecule has 0 aliphatic carbocycles. The minimum absolute atomic E-state index is 0.237. The number of H-pyrrole nitrogens is 2. The van der Waals surface area contributed by atoms with Gasteiger partial charge in [-0.3, -0.25) is 14.3 Å². The molecule has 148 valence electrons.